The molecule has 4 heteroatoms. The van der Waals surface area contributed by atoms with E-state index in [0.29, 0.717) is 23.0 Å². The number of halogens is 1. The summed E-state index contributed by atoms with van der Waals surface area (Å²) in [5.74, 6) is 0.693. The maximum atomic E-state index is 6.02. The largest absolute Gasteiger partial charge is 0.440 e. The number of H-pyrrole nitrogens is 1. The van der Waals surface area contributed by atoms with Crippen molar-refractivity contribution < 1.29 is 15.0 Å². The van der Waals surface area contributed by atoms with Gasteiger partial charge in [-0.1, -0.05) is 11.6 Å². The summed E-state index contributed by atoms with van der Waals surface area (Å²) in [7, 11) is 0. The van der Waals surface area contributed by atoms with Gasteiger partial charge < -0.3 is 10.1 Å². The lowest BCUT2D eigenvalue weighted by atomic mass is 10.0. The van der Waals surface area contributed by atoms with E-state index in [0.717, 1.165) is 19.4 Å². The second-order valence-corrected chi connectivity index (χ2v) is 4.52. The van der Waals surface area contributed by atoms with Gasteiger partial charge in [0.25, 0.3) is 0 Å². The van der Waals surface area contributed by atoms with E-state index in [1.54, 1.807) is 0 Å². The topological polar surface area (TPSA) is 40.0 Å². The lowest BCUT2D eigenvalue weighted by Gasteiger charge is -2.24. The molecule has 1 aliphatic heterocycles. The van der Waals surface area contributed by atoms with Crippen LogP contribution in [0.25, 0.3) is 0 Å². The lowest BCUT2D eigenvalue weighted by Crippen LogP contribution is -2.91. The van der Waals surface area contributed by atoms with Gasteiger partial charge in [0.05, 0.1) is 12.6 Å². The van der Waals surface area contributed by atoms with Gasteiger partial charge in [-0.2, -0.15) is 4.98 Å². The highest BCUT2D eigenvalue weighted by atomic mass is 35.5. The van der Waals surface area contributed by atoms with Crippen molar-refractivity contribution in [3.05, 3.63) is 23.4 Å². The molecule has 1 aromatic rings. The highest BCUT2D eigenvalue weighted by molar-refractivity contribution is 6.31. The first-order valence-electron chi connectivity index (χ1n) is 5.42. The van der Waals surface area contributed by atoms with Crippen molar-refractivity contribution in [1.29, 1.82) is 0 Å². The molecule has 0 bridgehead atoms. The van der Waals surface area contributed by atoms with Gasteiger partial charge in [-0.3, -0.25) is 0 Å². The third kappa shape index (κ3) is 2.83. The predicted octanol–water partition coefficient (Wildman–Crippen LogP) is 0.647. The van der Waals surface area contributed by atoms with E-state index >= 15 is 0 Å². The molecule has 2 atom stereocenters. The van der Waals surface area contributed by atoms with Crippen molar-refractivity contribution in [3.63, 3.8) is 0 Å². The highest BCUT2D eigenvalue weighted by Crippen LogP contribution is 2.20. The number of aromatic nitrogens is 1. The summed E-state index contributed by atoms with van der Waals surface area (Å²) in [6, 6.07) is 4.35. The molecule has 3 nitrogen and oxygen atoms in total. The van der Waals surface area contributed by atoms with Crippen LogP contribution in [-0.2, 0) is 0 Å². The second-order valence-electron chi connectivity index (χ2n) is 4.11. The van der Waals surface area contributed by atoms with Crippen molar-refractivity contribution in [3.8, 4) is 5.88 Å². The molecule has 1 fully saturated rings. The number of rotatable bonds is 2. The van der Waals surface area contributed by atoms with Crippen LogP contribution in [0.1, 0.15) is 19.8 Å². The highest BCUT2D eigenvalue weighted by Gasteiger charge is 2.25. The number of piperidine rings is 1. The van der Waals surface area contributed by atoms with Crippen molar-refractivity contribution >= 4 is 11.6 Å². The minimum absolute atomic E-state index is 0.293. The maximum absolute atomic E-state index is 6.02. The van der Waals surface area contributed by atoms with Crippen molar-refractivity contribution in [2.24, 2.45) is 0 Å². The zero-order valence-electron chi connectivity index (χ0n) is 8.87. The standard InChI is InChI=1S/C11H15ClN2O/c1-8-7-9(4-6-13-8)15-11-10(12)3-2-5-14-11/h2-3,5,8-9,13H,4,6-7H2,1H3/p+2. The SMILES string of the molecule is CC1CC(Oc2[nH+]cccc2Cl)CC[NH2+]1. The molecule has 1 saturated heterocycles. The Morgan fingerprint density at radius 1 is 1.60 bits per heavy atom. The van der Waals surface area contributed by atoms with E-state index in [-0.39, 0.29) is 0 Å². The first-order valence-corrected chi connectivity index (χ1v) is 5.79. The Balaban J connectivity index is 1.99. The number of nitrogens with one attached hydrogen (secondary N) is 1. The molecule has 0 saturated carbocycles. The zero-order valence-corrected chi connectivity index (χ0v) is 9.63. The predicted molar refractivity (Wildman–Crippen MR) is 57.9 cm³/mol. The first kappa shape index (κ1) is 10.7. The monoisotopic (exact) mass is 228 g/mol. The van der Waals surface area contributed by atoms with E-state index in [1.165, 1.54) is 0 Å². The first-order chi connectivity index (χ1) is 7.25. The normalized spacial score (nSPS) is 26.3. The molecule has 2 rings (SSSR count). The molecule has 0 aromatic carbocycles. The average molecular weight is 229 g/mol. The molecule has 2 unspecified atom stereocenters. The van der Waals surface area contributed by atoms with Crippen LogP contribution in [0.5, 0.6) is 5.88 Å². The van der Waals surface area contributed by atoms with Gasteiger partial charge in [0.2, 0.25) is 0 Å². The molecule has 1 aromatic heterocycles. The van der Waals surface area contributed by atoms with Crippen LogP contribution in [0.15, 0.2) is 18.3 Å². The van der Waals surface area contributed by atoms with Crippen LogP contribution in [-0.4, -0.2) is 18.7 Å². The molecular formula is C11H17ClN2O+2. The van der Waals surface area contributed by atoms with Gasteiger partial charge in [-0.05, 0) is 13.0 Å². The summed E-state index contributed by atoms with van der Waals surface area (Å²) in [5, 5.41) is 3.01. The molecule has 1 aliphatic rings. The smallest absolute Gasteiger partial charge is 0.385 e. The summed E-state index contributed by atoms with van der Waals surface area (Å²) in [4.78, 5) is 3.03. The Bertz CT molecular complexity index is 332. The van der Waals surface area contributed by atoms with Crippen LogP contribution in [0, 0.1) is 0 Å². The fraction of sp³-hybridized carbons (Fsp3) is 0.545. The molecule has 0 aliphatic carbocycles. The van der Waals surface area contributed by atoms with Crippen LogP contribution in [0.3, 0.4) is 0 Å². The Labute approximate surface area is 94.8 Å². The van der Waals surface area contributed by atoms with Crippen molar-refractivity contribution in [2.75, 3.05) is 6.54 Å². The molecule has 15 heavy (non-hydrogen) atoms. The molecule has 3 N–H and O–H groups in total. The molecular weight excluding hydrogens is 212 g/mol. The molecule has 82 valence electrons. The third-order valence-electron chi connectivity index (χ3n) is 2.75. The molecule has 0 amide bonds. The number of pyridine rings is 1. The van der Waals surface area contributed by atoms with Gasteiger partial charge in [-0.25, -0.2) is 0 Å². The summed E-state index contributed by atoms with van der Waals surface area (Å²) in [6.07, 6.45) is 4.29. The van der Waals surface area contributed by atoms with E-state index < -0.39 is 0 Å². The number of nitrogens with two attached hydrogens (primary N) is 1. The van der Waals surface area contributed by atoms with Gasteiger partial charge in [0.15, 0.2) is 11.2 Å². The van der Waals surface area contributed by atoms with E-state index in [1.807, 2.05) is 18.3 Å². The molecule has 0 spiro atoms. The molecule has 2 heterocycles. The van der Waals surface area contributed by atoms with Crippen LogP contribution < -0.4 is 15.0 Å². The van der Waals surface area contributed by atoms with Gasteiger partial charge in [-0.15, -0.1) is 0 Å². The van der Waals surface area contributed by atoms with Crippen LogP contribution >= 0.6 is 11.6 Å². The van der Waals surface area contributed by atoms with Gasteiger partial charge >= 0.3 is 5.88 Å². The zero-order chi connectivity index (χ0) is 10.7. The van der Waals surface area contributed by atoms with Crippen LogP contribution in [0.2, 0.25) is 5.02 Å². The Morgan fingerprint density at radius 2 is 2.47 bits per heavy atom. The lowest BCUT2D eigenvalue weighted by molar-refractivity contribution is -0.696. The number of hydrogen-bond donors (Lipinski definition) is 1. The Morgan fingerprint density at radius 3 is 3.20 bits per heavy atom. The minimum Gasteiger partial charge on any atom is -0.440 e. The average Bonchev–Trinajstić information content (AvgIpc) is 2.22. The van der Waals surface area contributed by atoms with Crippen molar-refractivity contribution in [1.82, 2.24) is 0 Å². The minimum atomic E-state index is 0.293. The Kier molecular flexibility index (Phi) is 3.44. The number of hydrogen-bond acceptors (Lipinski definition) is 1. The number of aromatic amines is 1. The maximum Gasteiger partial charge on any atom is 0.385 e. The van der Waals surface area contributed by atoms with E-state index in [4.69, 9.17) is 16.3 Å². The van der Waals surface area contributed by atoms with Gasteiger partial charge in [0.1, 0.15) is 6.10 Å². The number of quaternary nitrogens is 1. The van der Waals surface area contributed by atoms with E-state index in [2.05, 4.69) is 17.2 Å². The van der Waals surface area contributed by atoms with Crippen LogP contribution in [0.4, 0.5) is 0 Å². The van der Waals surface area contributed by atoms with Crippen molar-refractivity contribution in [2.45, 2.75) is 31.9 Å². The third-order valence-corrected chi connectivity index (χ3v) is 3.04. The fourth-order valence-corrected chi connectivity index (χ4v) is 2.13. The fourth-order valence-electron chi connectivity index (χ4n) is 1.96. The number of ether oxygens (including phenoxy) is 1. The van der Waals surface area contributed by atoms with E-state index in [9.17, 15) is 0 Å². The molecule has 0 radical (unpaired) electrons. The summed E-state index contributed by atoms with van der Waals surface area (Å²) >= 11 is 6.02. The summed E-state index contributed by atoms with van der Waals surface area (Å²) in [5.41, 5.74) is 0. The quantitative estimate of drug-likeness (QED) is 0.793. The second kappa shape index (κ2) is 4.81. The van der Waals surface area contributed by atoms with Gasteiger partial charge in [0, 0.05) is 18.9 Å². The summed E-state index contributed by atoms with van der Waals surface area (Å²) < 4.78 is 5.85. The summed E-state index contributed by atoms with van der Waals surface area (Å²) in [6.45, 7) is 3.36. The Hall–Kier alpha value is -0.800.